The second kappa shape index (κ2) is 5.68. The topological polar surface area (TPSA) is 12.0 Å². The van der Waals surface area contributed by atoms with Crippen LogP contribution in [-0.4, -0.2) is 6.04 Å². The zero-order valence-electron chi connectivity index (χ0n) is 11.0. The summed E-state index contributed by atoms with van der Waals surface area (Å²) >= 11 is 0. The van der Waals surface area contributed by atoms with Crippen LogP contribution in [0.25, 0.3) is 0 Å². The molecule has 1 aromatic carbocycles. The van der Waals surface area contributed by atoms with Gasteiger partial charge in [-0.3, -0.25) is 0 Å². The van der Waals surface area contributed by atoms with Crippen LogP contribution in [0.4, 0.5) is 14.5 Å². The molecule has 0 aromatic heterocycles. The van der Waals surface area contributed by atoms with Crippen molar-refractivity contribution in [2.24, 2.45) is 11.8 Å². The van der Waals surface area contributed by atoms with Gasteiger partial charge in [-0.25, -0.2) is 8.78 Å². The molecule has 1 saturated carbocycles. The first-order valence-corrected chi connectivity index (χ1v) is 6.78. The third-order valence-corrected chi connectivity index (χ3v) is 4.01. The van der Waals surface area contributed by atoms with Crippen molar-refractivity contribution in [2.45, 2.75) is 45.6 Å². The van der Waals surface area contributed by atoms with Crippen molar-refractivity contribution < 1.29 is 8.78 Å². The van der Waals surface area contributed by atoms with E-state index in [9.17, 15) is 8.78 Å². The predicted octanol–water partition coefficient (Wildman–Crippen LogP) is 4.59. The molecule has 1 aromatic rings. The highest BCUT2D eigenvalue weighted by molar-refractivity contribution is 5.45. The molecular weight excluding hydrogens is 232 g/mol. The Balaban J connectivity index is 1.91. The smallest absolute Gasteiger partial charge is 0.149 e. The van der Waals surface area contributed by atoms with E-state index in [0.717, 1.165) is 30.7 Å². The van der Waals surface area contributed by atoms with Crippen LogP contribution in [0.3, 0.4) is 0 Å². The van der Waals surface area contributed by atoms with Gasteiger partial charge in [0, 0.05) is 12.1 Å². The maximum absolute atomic E-state index is 13.5. The van der Waals surface area contributed by atoms with E-state index in [1.807, 2.05) is 0 Å². The van der Waals surface area contributed by atoms with Gasteiger partial charge in [-0.15, -0.1) is 0 Å². The summed E-state index contributed by atoms with van der Waals surface area (Å²) in [4.78, 5) is 0. The number of benzene rings is 1. The average molecular weight is 253 g/mol. The standard InChI is InChI=1S/C15H21F2N/c1-10(2)11-3-6-13(7-4-11)18-15-8-5-12(16)9-14(15)17/h5,8-11,13,18H,3-4,6-7H2,1-2H3. The van der Waals surface area contributed by atoms with Gasteiger partial charge in [-0.2, -0.15) is 0 Å². The molecule has 0 atom stereocenters. The lowest BCUT2D eigenvalue weighted by atomic mass is 9.79. The third-order valence-electron chi connectivity index (χ3n) is 4.01. The van der Waals surface area contributed by atoms with Gasteiger partial charge in [-0.1, -0.05) is 13.8 Å². The lowest BCUT2D eigenvalue weighted by molar-refractivity contribution is 0.266. The summed E-state index contributed by atoms with van der Waals surface area (Å²) in [6.07, 6.45) is 4.52. The maximum Gasteiger partial charge on any atom is 0.149 e. The largest absolute Gasteiger partial charge is 0.380 e. The molecule has 0 bridgehead atoms. The minimum atomic E-state index is -0.526. The first kappa shape index (κ1) is 13.3. The first-order chi connectivity index (χ1) is 8.56. The van der Waals surface area contributed by atoms with Gasteiger partial charge in [0.25, 0.3) is 0 Å². The molecule has 0 spiro atoms. The zero-order valence-corrected chi connectivity index (χ0v) is 11.0. The van der Waals surface area contributed by atoms with Crippen molar-refractivity contribution in [1.29, 1.82) is 0 Å². The van der Waals surface area contributed by atoms with Crippen molar-refractivity contribution in [3.05, 3.63) is 29.8 Å². The Kier molecular flexibility index (Phi) is 4.20. The van der Waals surface area contributed by atoms with Crippen LogP contribution in [-0.2, 0) is 0 Å². The molecule has 1 nitrogen and oxygen atoms in total. The number of nitrogens with one attached hydrogen (secondary N) is 1. The van der Waals surface area contributed by atoms with Crippen molar-refractivity contribution in [3.63, 3.8) is 0 Å². The van der Waals surface area contributed by atoms with E-state index in [1.165, 1.54) is 25.0 Å². The molecule has 0 radical (unpaired) electrons. The minimum Gasteiger partial charge on any atom is -0.380 e. The Bertz CT molecular complexity index is 395. The molecule has 0 amide bonds. The second-order valence-corrected chi connectivity index (χ2v) is 5.62. The van der Waals surface area contributed by atoms with Crippen molar-refractivity contribution in [3.8, 4) is 0 Å². The van der Waals surface area contributed by atoms with Gasteiger partial charge in [0.05, 0.1) is 5.69 Å². The SMILES string of the molecule is CC(C)C1CCC(Nc2ccc(F)cc2F)CC1. The molecule has 100 valence electrons. The normalized spacial score (nSPS) is 24.3. The number of hydrogen-bond donors (Lipinski definition) is 1. The fourth-order valence-corrected chi connectivity index (χ4v) is 2.76. The molecule has 18 heavy (non-hydrogen) atoms. The predicted molar refractivity (Wildman–Crippen MR) is 70.6 cm³/mol. The van der Waals surface area contributed by atoms with E-state index >= 15 is 0 Å². The Morgan fingerprint density at radius 3 is 2.33 bits per heavy atom. The minimum absolute atomic E-state index is 0.319. The van der Waals surface area contributed by atoms with Gasteiger partial charge in [0.1, 0.15) is 11.6 Å². The lowest BCUT2D eigenvalue weighted by Crippen LogP contribution is -2.28. The summed E-state index contributed by atoms with van der Waals surface area (Å²) in [7, 11) is 0. The molecule has 0 heterocycles. The number of anilines is 1. The molecule has 0 unspecified atom stereocenters. The monoisotopic (exact) mass is 253 g/mol. The van der Waals surface area contributed by atoms with Gasteiger partial charge in [-0.05, 0) is 49.7 Å². The highest BCUT2D eigenvalue weighted by Crippen LogP contribution is 2.31. The van der Waals surface area contributed by atoms with Gasteiger partial charge < -0.3 is 5.32 Å². The fourth-order valence-electron chi connectivity index (χ4n) is 2.76. The second-order valence-electron chi connectivity index (χ2n) is 5.62. The summed E-state index contributed by atoms with van der Waals surface area (Å²) < 4.78 is 26.3. The molecule has 1 aliphatic rings. The maximum atomic E-state index is 13.5. The van der Waals surface area contributed by atoms with E-state index in [-0.39, 0.29) is 0 Å². The summed E-state index contributed by atoms with van der Waals surface area (Å²) in [6, 6.07) is 4.03. The van der Waals surface area contributed by atoms with Crippen LogP contribution in [0.2, 0.25) is 0 Å². The van der Waals surface area contributed by atoms with Crippen LogP contribution in [0.15, 0.2) is 18.2 Å². The van der Waals surface area contributed by atoms with Crippen molar-refractivity contribution in [2.75, 3.05) is 5.32 Å². The molecule has 2 rings (SSSR count). The Morgan fingerprint density at radius 1 is 1.11 bits per heavy atom. The van der Waals surface area contributed by atoms with E-state index in [1.54, 1.807) is 0 Å². The highest BCUT2D eigenvalue weighted by Gasteiger charge is 2.23. The van der Waals surface area contributed by atoms with E-state index in [4.69, 9.17) is 0 Å². The van der Waals surface area contributed by atoms with Gasteiger partial charge in [0.2, 0.25) is 0 Å². The zero-order chi connectivity index (χ0) is 13.1. The highest BCUT2D eigenvalue weighted by atomic mass is 19.1. The van der Waals surface area contributed by atoms with Crippen molar-refractivity contribution >= 4 is 5.69 Å². The summed E-state index contributed by atoms with van der Waals surface area (Å²) in [5.74, 6) is 0.497. The van der Waals surface area contributed by atoms with Crippen LogP contribution in [0, 0.1) is 23.5 Å². The summed E-state index contributed by atoms with van der Waals surface area (Å²) in [6.45, 7) is 4.52. The Hall–Kier alpha value is -1.12. The molecular formula is C15H21F2N. The molecule has 0 aliphatic heterocycles. The van der Waals surface area contributed by atoms with Crippen LogP contribution < -0.4 is 5.32 Å². The average Bonchev–Trinajstić information content (AvgIpc) is 2.33. The summed E-state index contributed by atoms with van der Waals surface area (Å²) in [5.41, 5.74) is 0.421. The van der Waals surface area contributed by atoms with Crippen molar-refractivity contribution in [1.82, 2.24) is 0 Å². The van der Waals surface area contributed by atoms with Gasteiger partial charge in [0.15, 0.2) is 0 Å². The Labute approximate surface area is 108 Å². The molecule has 1 N–H and O–H groups in total. The van der Waals surface area contributed by atoms with Crippen LogP contribution >= 0.6 is 0 Å². The number of halogens is 2. The first-order valence-electron chi connectivity index (χ1n) is 6.78. The fraction of sp³-hybridized carbons (Fsp3) is 0.600. The Morgan fingerprint density at radius 2 is 1.78 bits per heavy atom. The van der Waals surface area contributed by atoms with E-state index in [2.05, 4.69) is 19.2 Å². The summed E-state index contributed by atoms with van der Waals surface area (Å²) in [5, 5.41) is 3.19. The van der Waals surface area contributed by atoms with Gasteiger partial charge >= 0.3 is 0 Å². The van der Waals surface area contributed by atoms with E-state index < -0.39 is 11.6 Å². The molecule has 1 fully saturated rings. The number of hydrogen-bond acceptors (Lipinski definition) is 1. The quantitative estimate of drug-likeness (QED) is 0.830. The van der Waals surface area contributed by atoms with Crippen LogP contribution in [0.5, 0.6) is 0 Å². The lowest BCUT2D eigenvalue weighted by Gasteiger charge is -2.31. The molecule has 3 heteroatoms. The number of rotatable bonds is 3. The van der Waals surface area contributed by atoms with E-state index in [0.29, 0.717) is 11.7 Å². The van der Waals surface area contributed by atoms with Crippen LogP contribution in [0.1, 0.15) is 39.5 Å². The third kappa shape index (κ3) is 3.21. The molecule has 1 aliphatic carbocycles. The molecule has 0 saturated heterocycles.